The van der Waals surface area contributed by atoms with Crippen LogP contribution in [0.1, 0.15) is 28.4 Å². The van der Waals surface area contributed by atoms with Crippen LogP contribution >= 0.6 is 0 Å². The van der Waals surface area contributed by atoms with Gasteiger partial charge in [0.25, 0.3) is 0 Å². The molecule has 5 heteroatoms. The highest BCUT2D eigenvalue weighted by atomic mass is 16.5. The second kappa shape index (κ2) is 7.79. The molecule has 0 amide bonds. The zero-order valence-corrected chi connectivity index (χ0v) is 15.5. The Morgan fingerprint density at radius 2 is 1.89 bits per heavy atom. The van der Waals surface area contributed by atoms with Gasteiger partial charge in [-0.05, 0) is 35.8 Å². The monoisotopic (exact) mass is 360 g/mol. The highest BCUT2D eigenvalue weighted by Crippen LogP contribution is 2.27. The lowest BCUT2D eigenvalue weighted by Gasteiger charge is -2.06. The zero-order chi connectivity index (χ0) is 19.4. The number of rotatable bonds is 6. The van der Waals surface area contributed by atoms with E-state index >= 15 is 0 Å². The number of allylic oxidation sites excluding steroid dienone is 1. The van der Waals surface area contributed by atoms with Crippen LogP contribution in [0.15, 0.2) is 48.2 Å². The molecule has 0 radical (unpaired) electrons. The number of hydrogen-bond donors (Lipinski definition) is 1. The van der Waals surface area contributed by atoms with Gasteiger partial charge in [0.2, 0.25) is 5.78 Å². The Balaban J connectivity index is 2.05. The number of fused-ring (bicyclic) bond motifs is 1. The molecule has 1 heterocycles. The topological polar surface area (TPSA) is 75.1 Å². The van der Waals surface area contributed by atoms with Crippen molar-refractivity contribution in [2.45, 2.75) is 13.3 Å². The van der Waals surface area contributed by atoms with Crippen LogP contribution in [0.25, 0.3) is 17.0 Å². The average Bonchev–Trinajstić information content (AvgIpc) is 3.15. The molecule has 27 heavy (non-hydrogen) atoms. The van der Waals surface area contributed by atoms with E-state index in [1.807, 2.05) is 24.3 Å². The Bertz CT molecular complexity index is 1050. The number of nitrogens with one attached hydrogen (secondary N) is 1. The molecular formula is C22H20N2O3. The smallest absolute Gasteiger partial charge is 0.205 e. The normalized spacial score (nSPS) is 11.3. The lowest BCUT2D eigenvalue weighted by atomic mass is 9.99. The Hall–Kier alpha value is -3.52. The highest BCUT2D eigenvalue weighted by Gasteiger charge is 2.18. The predicted octanol–water partition coefficient (Wildman–Crippen LogP) is 4.54. The molecular weight excluding hydrogens is 340 g/mol. The number of aromatic nitrogens is 1. The lowest BCUT2D eigenvalue weighted by molar-refractivity contribution is 0.104. The Labute approximate surface area is 157 Å². The third-order valence-corrected chi connectivity index (χ3v) is 4.48. The molecule has 0 unspecified atom stereocenters. The summed E-state index contributed by atoms with van der Waals surface area (Å²) >= 11 is 0. The predicted molar refractivity (Wildman–Crippen MR) is 105 cm³/mol. The molecule has 0 spiro atoms. The van der Waals surface area contributed by atoms with Gasteiger partial charge in [-0.2, -0.15) is 5.26 Å². The van der Waals surface area contributed by atoms with Crippen LogP contribution in [0.5, 0.6) is 11.5 Å². The Kier molecular flexibility index (Phi) is 5.28. The number of aryl methyl sites for hydroxylation is 1. The van der Waals surface area contributed by atoms with E-state index in [2.05, 4.69) is 11.9 Å². The molecule has 136 valence electrons. The van der Waals surface area contributed by atoms with Crippen LogP contribution < -0.4 is 9.47 Å². The summed E-state index contributed by atoms with van der Waals surface area (Å²) in [5, 5.41) is 10.4. The fraction of sp³-hybridized carbons (Fsp3) is 0.182. The fourth-order valence-electron chi connectivity index (χ4n) is 3.07. The third-order valence-electron chi connectivity index (χ3n) is 4.48. The number of methoxy groups -OCH3 is 2. The molecule has 0 atom stereocenters. The molecule has 0 aliphatic rings. The second-order valence-electron chi connectivity index (χ2n) is 6.04. The summed E-state index contributed by atoms with van der Waals surface area (Å²) in [6, 6.07) is 13.1. The first-order valence-electron chi connectivity index (χ1n) is 8.59. The van der Waals surface area contributed by atoms with Crippen molar-refractivity contribution in [3.63, 3.8) is 0 Å². The number of H-pyrrole nitrogens is 1. The Morgan fingerprint density at radius 3 is 2.48 bits per heavy atom. The van der Waals surface area contributed by atoms with E-state index < -0.39 is 0 Å². The largest absolute Gasteiger partial charge is 0.497 e. The third kappa shape index (κ3) is 3.56. The first-order chi connectivity index (χ1) is 13.1. The van der Waals surface area contributed by atoms with Crippen molar-refractivity contribution in [3.05, 3.63) is 64.9 Å². The first-order valence-corrected chi connectivity index (χ1v) is 8.59. The van der Waals surface area contributed by atoms with Crippen molar-refractivity contribution in [3.8, 4) is 17.6 Å². The number of benzene rings is 2. The number of ether oxygens (including phenoxy) is 2. The lowest BCUT2D eigenvalue weighted by Crippen LogP contribution is -2.01. The molecule has 3 aromatic rings. The number of aromatic amines is 1. The van der Waals surface area contributed by atoms with E-state index in [4.69, 9.17) is 9.47 Å². The van der Waals surface area contributed by atoms with Gasteiger partial charge in [-0.25, -0.2) is 0 Å². The average molecular weight is 360 g/mol. The molecule has 1 N–H and O–H groups in total. The molecule has 5 nitrogen and oxygen atoms in total. The van der Waals surface area contributed by atoms with E-state index in [9.17, 15) is 10.1 Å². The maximum atomic E-state index is 13.0. The SMILES string of the molecule is CCc1cccc2c(C(=O)/C(C#N)=C/c3cc(OC)cc(OC)c3)c[nH]c12. The minimum Gasteiger partial charge on any atom is -0.497 e. The highest BCUT2D eigenvalue weighted by molar-refractivity contribution is 6.20. The van der Waals surface area contributed by atoms with Crippen molar-refractivity contribution in [1.29, 1.82) is 5.26 Å². The van der Waals surface area contributed by atoms with Crippen molar-refractivity contribution < 1.29 is 14.3 Å². The minimum atomic E-state index is -0.321. The summed E-state index contributed by atoms with van der Waals surface area (Å²) < 4.78 is 10.5. The maximum absolute atomic E-state index is 13.0. The van der Waals surface area contributed by atoms with Crippen molar-refractivity contribution >= 4 is 22.8 Å². The first kappa shape index (κ1) is 18.3. The number of ketones is 1. The molecule has 3 rings (SSSR count). The van der Waals surface area contributed by atoms with Crippen molar-refractivity contribution in [2.24, 2.45) is 0 Å². The van der Waals surface area contributed by atoms with Crippen LogP contribution in [0.4, 0.5) is 0 Å². The van der Waals surface area contributed by atoms with Gasteiger partial charge < -0.3 is 14.5 Å². The van der Waals surface area contributed by atoms with Gasteiger partial charge in [-0.1, -0.05) is 25.1 Å². The Morgan fingerprint density at radius 1 is 1.19 bits per heavy atom. The van der Waals surface area contributed by atoms with Crippen LogP contribution in [-0.2, 0) is 6.42 Å². The summed E-state index contributed by atoms with van der Waals surface area (Å²) in [6.07, 6.45) is 4.08. The molecule has 0 saturated carbocycles. The molecule has 0 aliphatic heterocycles. The second-order valence-corrected chi connectivity index (χ2v) is 6.04. The number of nitrogens with zero attached hydrogens (tertiary/aromatic N) is 1. The molecule has 0 fully saturated rings. The van der Waals surface area contributed by atoms with Gasteiger partial charge in [0.15, 0.2) is 0 Å². The van der Waals surface area contributed by atoms with Crippen LogP contribution in [0, 0.1) is 11.3 Å². The van der Waals surface area contributed by atoms with Gasteiger partial charge in [-0.3, -0.25) is 4.79 Å². The van der Waals surface area contributed by atoms with Crippen LogP contribution in [0.2, 0.25) is 0 Å². The summed E-state index contributed by atoms with van der Waals surface area (Å²) in [6.45, 7) is 2.06. The van der Waals surface area contributed by atoms with Crippen molar-refractivity contribution in [2.75, 3.05) is 14.2 Å². The molecule has 0 saturated heterocycles. The fourth-order valence-corrected chi connectivity index (χ4v) is 3.07. The quantitative estimate of drug-likeness (QED) is 0.398. The number of Topliss-reactive ketones (excluding diaryl/α,β-unsaturated/α-hetero) is 1. The molecule has 1 aromatic heterocycles. The van der Waals surface area contributed by atoms with Gasteiger partial charge in [-0.15, -0.1) is 0 Å². The van der Waals surface area contributed by atoms with Gasteiger partial charge >= 0.3 is 0 Å². The number of carbonyl (C=O) groups excluding carboxylic acids is 1. The summed E-state index contributed by atoms with van der Waals surface area (Å²) in [7, 11) is 3.10. The minimum absolute atomic E-state index is 0.0492. The summed E-state index contributed by atoms with van der Waals surface area (Å²) in [5.41, 5.74) is 3.26. The number of para-hydroxylation sites is 1. The number of carbonyl (C=O) groups is 1. The van der Waals surface area contributed by atoms with E-state index in [1.165, 1.54) is 0 Å². The standard InChI is InChI=1S/C22H20N2O3/c1-4-15-6-5-7-19-20(13-24-21(15)19)22(25)16(12-23)8-14-9-17(26-2)11-18(10-14)27-3/h5-11,13,24H,4H2,1-3H3/b16-8+. The van der Waals surface area contributed by atoms with E-state index in [0.29, 0.717) is 22.6 Å². The van der Waals surface area contributed by atoms with Gasteiger partial charge in [0.1, 0.15) is 23.1 Å². The van der Waals surface area contributed by atoms with E-state index in [-0.39, 0.29) is 11.4 Å². The van der Waals surface area contributed by atoms with E-state index in [1.54, 1.807) is 44.7 Å². The summed E-state index contributed by atoms with van der Waals surface area (Å²) in [4.78, 5) is 16.2. The zero-order valence-electron chi connectivity index (χ0n) is 15.5. The van der Waals surface area contributed by atoms with Crippen LogP contribution in [-0.4, -0.2) is 25.0 Å². The molecule has 0 bridgehead atoms. The molecule has 0 aliphatic carbocycles. The number of nitriles is 1. The van der Waals surface area contributed by atoms with Crippen molar-refractivity contribution in [1.82, 2.24) is 4.98 Å². The number of hydrogen-bond acceptors (Lipinski definition) is 4. The van der Waals surface area contributed by atoms with E-state index in [0.717, 1.165) is 22.9 Å². The molecule has 2 aromatic carbocycles. The van der Waals surface area contributed by atoms with Gasteiger partial charge in [0.05, 0.1) is 14.2 Å². The van der Waals surface area contributed by atoms with Gasteiger partial charge in [0, 0.05) is 28.7 Å². The maximum Gasteiger partial charge on any atom is 0.205 e. The van der Waals surface area contributed by atoms with Crippen LogP contribution in [0.3, 0.4) is 0 Å². The summed E-state index contributed by atoms with van der Waals surface area (Å²) in [5.74, 6) is 0.855.